The quantitative estimate of drug-likeness (QED) is 0.0675. The Labute approximate surface area is 411 Å². The topological polar surface area (TPSA) is 0 Å². The van der Waals surface area contributed by atoms with E-state index in [-0.39, 0.29) is 44.8 Å². The minimum absolute atomic E-state index is 0. The summed E-state index contributed by atoms with van der Waals surface area (Å²) in [6.07, 6.45) is 14.9. The van der Waals surface area contributed by atoms with Gasteiger partial charge in [0.05, 0.1) is 16.1 Å². The number of hydrogen-bond acceptors (Lipinski definition) is 0. The first-order chi connectivity index (χ1) is 29.7. The molecular formula is C57H50AgAuP2Si2+2. The normalized spacial score (nSPS) is 12.8. The first-order valence-electron chi connectivity index (χ1n) is 21.0. The smallest absolute Gasteiger partial charge is 0.366 e. The maximum atomic E-state index is 7.47. The molecule has 8 aromatic carbocycles. The monoisotopic (exact) mass is 1160 g/mol. The molecule has 0 spiro atoms. The van der Waals surface area contributed by atoms with Gasteiger partial charge in [-0.1, -0.05) is 172 Å². The Hall–Kier alpha value is -4.35. The second-order valence-corrected chi connectivity index (χ2v) is 30.9. The molecule has 0 saturated heterocycles. The minimum atomic E-state index is -1.63. The molecular weight excluding hydrogens is 1110 g/mol. The third kappa shape index (κ3) is 10.00. The molecule has 0 amide bonds. The van der Waals surface area contributed by atoms with Crippen LogP contribution in [0.25, 0.3) is 22.3 Å². The summed E-state index contributed by atoms with van der Waals surface area (Å²) >= 11 is 0. The Morgan fingerprint density at radius 3 is 0.937 bits per heavy atom. The molecule has 0 unspecified atom stereocenters. The van der Waals surface area contributed by atoms with Crippen LogP contribution in [0.15, 0.2) is 206 Å². The van der Waals surface area contributed by atoms with Crippen molar-refractivity contribution in [3.8, 4) is 34.1 Å². The second-order valence-electron chi connectivity index (χ2n) is 16.6. The van der Waals surface area contributed by atoms with Crippen LogP contribution in [0, 0.1) is 24.7 Å². The van der Waals surface area contributed by atoms with Crippen LogP contribution in [0.5, 0.6) is 0 Å². The van der Waals surface area contributed by atoms with Crippen molar-refractivity contribution in [2.24, 2.45) is 0 Å². The largest absolute Gasteiger partial charge is 1.00 e. The van der Waals surface area contributed by atoms with Crippen molar-refractivity contribution >= 4 is 74.0 Å². The molecule has 6 heteroatoms. The first kappa shape index (κ1) is 48.1. The third-order valence-electron chi connectivity index (χ3n) is 12.3. The summed E-state index contributed by atoms with van der Waals surface area (Å²) < 4.78 is 0. The van der Waals surface area contributed by atoms with Crippen molar-refractivity contribution < 1.29 is 44.8 Å². The molecule has 0 nitrogen and oxygen atoms in total. The first-order valence-corrected chi connectivity index (χ1v) is 30.4. The van der Waals surface area contributed by atoms with E-state index >= 15 is 0 Å². The molecule has 2 aliphatic rings. The predicted molar refractivity (Wildman–Crippen MR) is 276 cm³/mol. The van der Waals surface area contributed by atoms with E-state index in [1.165, 1.54) is 70.1 Å². The molecule has 0 aliphatic carbocycles. The SMILES string of the molecule is [Ag+].[Au+].[C-]#Cc1cccc2c1[Si](C)(C)c1ccccc1-2.[C-]#Cc1cccc2c1[Si](C)(C)c1ccccc1-2.c1ccc([PH+](C[PH+](c2ccccc2)c2ccccc2)c2ccccc2)cc1. The number of hydrogen-bond donors (Lipinski definition) is 0. The van der Waals surface area contributed by atoms with E-state index in [0.29, 0.717) is 0 Å². The van der Waals surface area contributed by atoms with Crippen LogP contribution < -0.4 is 42.0 Å². The van der Waals surface area contributed by atoms with Gasteiger partial charge in [0.25, 0.3) is 0 Å². The van der Waals surface area contributed by atoms with Crippen molar-refractivity contribution in [1.82, 2.24) is 0 Å². The zero-order valence-electron chi connectivity index (χ0n) is 35.9. The summed E-state index contributed by atoms with van der Waals surface area (Å²) in [4.78, 5) is 0. The molecule has 0 radical (unpaired) electrons. The van der Waals surface area contributed by atoms with Crippen molar-refractivity contribution in [3.05, 3.63) is 230 Å². The molecule has 0 aromatic heterocycles. The van der Waals surface area contributed by atoms with E-state index in [9.17, 15) is 0 Å². The van der Waals surface area contributed by atoms with Gasteiger partial charge in [-0.15, -0.1) is 33.6 Å². The van der Waals surface area contributed by atoms with Crippen LogP contribution >= 0.6 is 15.8 Å². The predicted octanol–water partition coefficient (Wildman–Crippen LogP) is 9.52. The van der Waals surface area contributed by atoms with Crippen LogP contribution in [0.2, 0.25) is 26.2 Å². The van der Waals surface area contributed by atoms with E-state index in [0.717, 1.165) is 11.1 Å². The zero-order valence-corrected chi connectivity index (χ0v) is 43.6. The number of benzene rings is 8. The summed E-state index contributed by atoms with van der Waals surface area (Å²) in [5.74, 6) is 6.45. The van der Waals surface area contributed by atoms with Crippen LogP contribution in [-0.2, 0) is 44.8 Å². The van der Waals surface area contributed by atoms with Gasteiger partial charge >= 0.3 is 44.8 Å². The molecule has 8 aromatic rings. The van der Waals surface area contributed by atoms with Gasteiger partial charge in [-0.3, -0.25) is 11.8 Å². The number of fused-ring (bicyclic) bond motifs is 6. The minimum Gasteiger partial charge on any atom is -0.366 e. The number of rotatable bonds is 6. The van der Waals surface area contributed by atoms with Crippen LogP contribution in [-0.4, -0.2) is 22.1 Å². The summed E-state index contributed by atoms with van der Waals surface area (Å²) in [5.41, 5.74) is 7.28. The van der Waals surface area contributed by atoms with Gasteiger partial charge in [0.15, 0.2) is 5.90 Å². The van der Waals surface area contributed by atoms with Gasteiger partial charge in [0.2, 0.25) is 0 Å². The molecule has 2 aliphatic heterocycles. The summed E-state index contributed by atoms with van der Waals surface area (Å²) in [7, 11) is -4.95. The molecule has 63 heavy (non-hydrogen) atoms. The molecule has 0 fully saturated rings. The van der Waals surface area contributed by atoms with Gasteiger partial charge in [-0.25, -0.2) is 0 Å². The van der Waals surface area contributed by atoms with Gasteiger partial charge in [0, 0.05) is 0 Å². The Kier molecular flexibility index (Phi) is 16.5. The van der Waals surface area contributed by atoms with Crippen molar-refractivity contribution in [2.75, 3.05) is 5.90 Å². The molecule has 0 atom stereocenters. The average molecular weight is 1160 g/mol. The average Bonchev–Trinajstić information content (AvgIpc) is 3.71. The fourth-order valence-electron chi connectivity index (χ4n) is 9.38. The molecule has 0 saturated carbocycles. The summed E-state index contributed by atoms with van der Waals surface area (Å²) in [5, 5.41) is 11.7. The molecule has 0 N–H and O–H groups in total. The van der Waals surface area contributed by atoms with E-state index in [2.05, 4.69) is 220 Å². The Morgan fingerprint density at radius 2 is 0.635 bits per heavy atom. The summed E-state index contributed by atoms with van der Waals surface area (Å²) in [6.45, 7) is 9.44. The van der Waals surface area contributed by atoms with Crippen LogP contribution in [0.4, 0.5) is 0 Å². The summed E-state index contributed by atoms with van der Waals surface area (Å²) in [6, 6.07) is 74.2. The standard InChI is InChI=1S/C25H22P2.2C16H13Si.Ag.Au/c1-5-13-22(14-6-1)26(23-15-7-2-8-16-23)21-27(24-17-9-3-10-18-24)25-19-11-4-12-20-25;2*1-4-12-8-7-10-14-13-9-5-6-11-15(13)17(2,3)16(12)14;;/h1-20H,21H2;2*5-11H,2-3H3;;/q;2*-1;2*+1/p+2. The molecule has 316 valence electrons. The Bertz CT molecular complexity index is 2590. The third-order valence-corrected chi connectivity index (χ3v) is 26.4. The van der Waals surface area contributed by atoms with Crippen LogP contribution in [0.3, 0.4) is 0 Å². The Balaban J connectivity index is 0.000000161. The van der Waals surface area contributed by atoms with Gasteiger partial charge in [0.1, 0.15) is 37.1 Å². The van der Waals surface area contributed by atoms with Crippen molar-refractivity contribution in [2.45, 2.75) is 26.2 Å². The van der Waals surface area contributed by atoms with E-state index in [1.807, 2.05) is 24.3 Å². The maximum absolute atomic E-state index is 7.47. The van der Waals surface area contributed by atoms with Crippen molar-refractivity contribution in [1.29, 1.82) is 0 Å². The van der Waals surface area contributed by atoms with Crippen molar-refractivity contribution in [3.63, 3.8) is 0 Å². The van der Waals surface area contributed by atoms with Gasteiger partial charge in [-0.05, 0) is 81.2 Å². The maximum Gasteiger partial charge on any atom is 1.00 e. The molecule has 0 bridgehead atoms. The second kappa shape index (κ2) is 21.6. The van der Waals surface area contributed by atoms with Gasteiger partial charge < -0.3 is 12.8 Å². The molecule has 2 heterocycles. The van der Waals surface area contributed by atoms with E-state index in [1.54, 1.807) is 0 Å². The Morgan fingerprint density at radius 1 is 0.365 bits per heavy atom. The van der Waals surface area contributed by atoms with Crippen LogP contribution in [0.1, 0.15) is 11.1 Å². The fourth-order valence-corrected chi connectivity index (χ4v) is 23.9. The zero-order chi connectivity index (χ0) is 42.4. The van der Waals surface area contributed by atoms with E-state index < -0.39 is 32.0 Å². The fraction of sp³-hybridized carbons (Fsp3) is 0.0877. The van der Waals surface area contributed by atoms with Gasteiger partial charge in [-0.2, -0.15) is 0 Å². The molecule has 10 rings (SSSR count). The van der Waals surface area contributed by atoms with E-state index in [4.69, 9.17) is 12.8 Å².